The van der Waals surface area contributed by atoms with Gasteiger partial charge in [0.05, 0.1) is 178 Å². The SMILES string of the molecule is CSC1=C(SC)SC(=C2SC(SC)=C(SCSC3=C(SCSC4=C(SC)SC(=C5SC(SC)=C(SC)S5)S4)SC(=C4SC(SC)=C(SCSC5=C(SCSC6=C(SC)SC(=C7SC(SCSC8=C(SC)SC(=C9SC(SC)=C(SC)S9)S8)=C(SCSC8=C(SC)SC(=C9SC(SC)=C(SC)S9)S8)S7)S6)SC(=C6SC(SC)=C(SC)S6)S5)S4)S3)S2)S1. The van der Waals surface area contributed by atoms with Crippen LogP contribution in [0.2, 0.25) is 0 Å². The van der Waals surface area contributed by atoms with E-state index in [4.69, 9.17) is 0 Å². The van der Waals surface area contributed by atoms with Crippen LogP contribution in [0.1, 0.15) is 0 Å². The molecule has 0 bridgehead atoms. The highest BCUT2D eigenvalue weighted by Gasteiger charge is 2.40. The van der Waals surface area contributed by atoms with E-state index in [2.05, 4.69) is 194 Å². The zero-order chi connectivity index (χ0) is 84.1. The van der Waals surface area contributed by atoms with Gasteiger partial charge in [0.2, 0.25) is 0 Å². The maximum absolute atomic E-state index is 2.29. The molecule has 0 aromatic heterocycles. The molecule has 0 saturated heterocycles. The van der Waals surface area contributed by atoms with Crippen LogP contribution in [-0.4, -0.2) is 131 Å². The van der Waals surface area contributed by atoms with E-state index < -0.39 is 0 Å². The van der Waals surface area contributed by atoms with Gasteiger partial charge in [0.15, 0.2) is 0 Å². The molecule has 0 radical (unpaired) electrons. The van der Waals surface area contributed by atoms with E-state index in [1.54, 1.807) is 0 Å². The van der Waals surface area contributed by atoms with Crippen LogP contribution in [-0.2, 0) is 0 Å². The lowest BCUT2D eigenvalue weighted by molar-refractivity contribution is 2.17. The molecule has 652 valence electrons. The number of hydrogen-bond donors (Lipinski definition) is 0. The zero-order valence-electron chi connectivity index (χ0n) is 64.1. The van der Waals surface area contributed by atoms with Gasteiger partial charge in [0.1, 0.15) is 0 Å². The van der Waals surface area contributed by atoms with Crippen LogP contribution >= 0.6 is 659 Å². The molecule has 0 saturated carbocycles. The van der Waals surface area contributed by atoms with Crippen LogP contribution in [0.5, 0.6) is 0 Å². The van der Waals surface area contributed by atoms with E-state index in [1.807, 2.05) is 565 Å². The second kappa shape index (κ2) is 56.9. The van der Waals surface area contributed by atoms with Gasteiger partial charge in [0, 0.05) is 30.5 Å². The minimum Gasteiger partial charge on any atom is -0.121 e. The van der Waals surface area contributed by atoms with Crippen molar-refractivity contribution in [1.29, 1.82) is 0 Å². The van der Waals surface area contributed by atoms with Crippen LogP contribution in [0.15, 0.2) is 178 Å². The zero-order valence-corrected chi connectivity index (χ0v) is 110. The van der Waals surface area contributed by atoms with Crippen molar-refractivity contribution in [2.75, 3.05) is 131 Å². The van der Waals surface area contributed by atoms with Gasteiger partial charge < -0.3 is 0 Å². The first-order chi connectivity index (χ1) is 58.6. The van der Waals surface area contributed by atoms with Crippen molar-refractivity contribution in [3.63, 3.8) is 0 Å². The largest absolute Gasteiger partial charge is 0.121 e. The maximum atomic E-state index is 2.29. The molecule has 56 heteroatoms. The Morgan fingerprint density at radius 1 is 0.100 bits per heavy atom. The van der Waals surface area contributed by atoms with E-state index in [0.29, 0.717) is 0 Å². The fourth-order valence-corrected chi connectivity index (χ4v) is 89.2. The second-order valence-electron chi connectivity index (χ2n) is 20.6. The summed E-state index contributed by atoms with van der Waals surface area (Å²) in [7, 11) is 0. The van der Waals surface area contributed by atoms with Gasteiger partial charge in [-0.2, -0.15) is 0 Å². The monoisotopic (exact) mass is 2620 g/mol. The minimum atomic E-state index is 0.970. The van der Waals surface area contributed by atoms with E-state index >= 15 is 0 Å². The Labute approximate surface area is 948 Å². The highest BCUT2D eigenvalue weighted by atomic mass is 32.3. The smallest absolute Gasteiger partial charge is 0.0717 e. The molecule has 14 rings (SSSR count). The van der Waals surface area contributed by atoms with E-state index in [9.17, 15) is 0 Å². The molecule has 0 N–H and O–H groups in total. The third-order valence-electron chi connectivity index (χ3n) is 13.9. The molecule has 0 amide bonds. The fraction of sp³-hybridized carbons (Fsp3) is 0.344. The van der Waals surface area contributed by atoms with E-state index in [1.165, 1.54) is 178 Å². The van der Waals surface area contributed by atoms with Crippen LogP contribution in [0.4, 0.5) is 0 Å². The average molecular weight is 2620 g/mol. The summed E-state index contributed by atoms with van der Waals surface area (Å²) in [6.45, 7) is 0. The standard InChI is InChI=1S/C64H60S56/c1-65-23-24(66-2)94-51(93-23)56-103-33(75-11)39(109-56)81-17-89-47-48(90-18-82-40-34(76-12)104-57(110-40)52-95-25(67-3)26(68-4)96-52)118-63(117-47)60-107-37(79-15)43(113-60)85-21-87-45-46(116-62(115-45)55-101-31(73-9)32(74-10)102-55)88-22-86-44-38(80-16)108-61(114-44)64-119-49(91-19-83-41-35(77-13)105-58(111-41)53-97-27(69-5)28(70-6)98-53)50(120-64)92-20-84-42-36(78-14)106-59(112-42)54-99-29(71-7)30(72-8)100-54/h17-22H2,1-16H3. The summed E-state index contributed by atoms with van der Waals surface area (Å²) < 4.78 is 60.9. The molecule has 0 unspecified atom stereocenters. The molecular weight excluding hydrogens is 2560 g/mol. The summed E-state index contributed by atoms with van der Waals surface area (Å²) in [6.07, 6.45) is 35.8. The Morgan fingerprint density at radius 2 is 0.158 bits per heavy atom. The van der Waals surface area contributed by atoms with Gasteiger partial charge in [-0.05, 0) is 100 Å². The van der Waals surface area contributed by atoms with Gasteiger partial charge in [0.25, 0.3) is 0 Å². The molecule has 0 spiro atoms. The fourth-order valence-electron chi connectivity index (χ4n) is 8.86. The topological polar surface area (TPSA) is 0 Å². The molecule has 120 heavy (non-hydrogen) atoms. The van der Waals surface area contributed by atoms with Crippen LogP contribution in [0.25, 0.3) is 0 Å². The van der Waals surface area contributed by atoms with Gasteiger partial charge in [-0.1, -0.05) is 329 Å². The summed E-state index contributed by atoms with van der Waals surface area (Å²) in [5.74, 6) is 0. The Kier molecular flexibility index (Phi) is 52.1. The summed E-state index contributed by atoms with van der Waals surface area (Å²) in [6, 6.07) is 0. The van der Waals surface area contributed by atoms with Gasteiger partial charge >= 0.3 is 0 Å². The second-order valence-corrected chi connectivity index (χ2v) is 87.2. The minimum absolute atomic E-state index is 0.970. The first-order valence-corrected chi connectivity index (χ1v) is 86.7. The van der Waals surface area contributed by atoms with Crippen molar-refractivity contribution in [3.8, 4) is 0 Å². The first-order valence-electron chi connectivity index (χ1n) is 32.4. The molecular formula is C64H60S56. The quantitative estimate of drug-likeness (QED) is 0.0534. The summed E-state index contributed by atoms with van der Waals surface area (Å²) in [4.78, 5) is 0. The molecule has 14 heterocycles. The van der Waals surface area contributed by atoms with Gasteiger partial charge in [-0.3, -0.25) is 0 Å². The lowest BCUT2D eigenvalue weighted by atomic mass is 11.2. The highest BCUT2D eigenvalue weighted by Crippen LogP contribution is 2.76. The Bertz CT molecular complexity index is 4190. The number of rotatable bonds is 40. The average Bonchev–Trinajstić information content (AvgIpc) is 1.69. The Hall–Kier alpha value is 14.1. The molecule has 0 aromatic rings. The lowest BCUT2D eigenvalue weighted by Gasteiger charge is -2.07. The van der Waals surface area contributed by atoms with Crippen molar-refractivity contribution in [1.82, 2.24) is 0 Å². The Morgan fingerprint density at radius 3 is 0.233 bits per heavy atom. The Balaban J connectivity index is 0.634. The third-order valence-corrected chi connectivity index (χ3v) is 93.3. The third kappa shape index (κ3) is 29.4. The highest BCUT2D eigenvalue weighted by molar-refractivity contribution is 8.55. The van der Waals surface area contributed by atoms with Crippen molar-refractivity contribution in [3.05, 3.63) is 178 Å². The van der Waals surface area contributed by atoms with Crippen LogP contribution in [0, 0.1) is 0 Å². The summed E-state index contributed by atoms with van der Waals surface area (Å²) in [5, 5.41) is 5.89. The normalized spacial score (nSPS) is 22.0. The van der Waals surface area contributed by atoms with Crippen molar-refractivity contribution < 1.29 is 0 Å². The first kappa shape index (κ1) is 110. The van der Waals surface area contributed by atoms with Crippen LogP contribution < -0.4 is 0 Å². The number of hydrogen-bond acceptors (Lipinski definition) is 56. The molecule has 14 aliphatic heterocycles. The van der Waals surface area contributed by atoms with Crippen molar-refractivity contribution >= 4 is 659 Å². The molecule has 14 aliphatic rings. The van der Waals surface area contributed by atoms with E-state index in [0.717, 1.165) is 30.5 Å². The summed E-state index contributed by atoms with van der Waals surface area (Å²) in [5.41, 5.74) is 0. The van der Waals surface area contributed by atoms with Crippen molar-refractivity contribution in [2.24, 2.45) is 0 Å². The molecule has 0 aliphatic carbocycles. The molecule has 0 fully saturated rings. The molecule has 0 aromatic carbocycles. The maximum Gasteiger partial charge on any atom is 0.0717 e. The van der Waals surface area contributed by atoms with Crippen LogP contribution in [0.3, 0.4) is 0 Å². The predicted octanol–water partition coefficient (Wildman–Crippen LogP) is 45.7. The van der Waals surface area contributed by atoms with E-state index in [-0.39, 0.29) is 0 Å². The lowest BCUT2D eigenvalue weighted by Crippen LogP contribution is -1.77. The molecule has 0 nitrogen and oxygen atoms in total. The summed E-state index contributed by atoms with van der Waals surface area (Å²) >= 11 is 111. The predicted molar refractivity (Wildman–Crippen MR) is 697 cm³/mol. The molecule has 0 atom stereocenters. The van der Waals surface area contributed by atoms with Crippen molar-refractivity contribution in [2.45, 2.75) is 0 Å². The number of thioether (sulfide) groups is 56. The van der Waals surface area contributed by atoms with Gasteiger partial charge in [-0.15, -0.1) is 329 Å². The van der Waals surface area contributed by atoms with Gasteiger partial charge in [-0.25, -0.2) is 0 Å².